The monoisotopic (exact) mass is 353 g/mol. The predicted molar refractivity (Wildman–Crippen MR) is 94.0 cm³/mol. The highest BCUT2D eigenvalue weighted by Gasteiger charge is 2.33. The molecule has 1 N–H and O–H groups in total. The van der Waals surface area contributed by atoms with E-state index in [9.17, 15) is 9.59 Å². The Morgan fingerprint density at radius 1 is 1.35 bits per heavy atom. The van der Waals surface area contributed by atoms with E-state index < -0.39 is 5.91 Å². The minimum Gasteiger partial charge on any atom is -0.370 e. The molecule has 0 aliphatic carbocycles. The quantitative estimate of drug-likeness (QED) is 0.758. The molecule has 8 heteroatoms. The highest BCUT2D eigenvalue weighted by Crippen LogP contribution is 2.28. The van der Waals surface area contributed by atoms with Gasteiger partial charge >= 0.3 is 0 Å². The molecule has 3 aromatic heterocycles. The predicted octanol–water partition coefficient (Wildman–Crippen LogP) is 0.996. The molecule has 4 heterocycles. The molecule has 2 atom stereocenters. The van der Waals surface area contributed by atoms with Gasteiger partial charge in [-0.2, -0.15) is 5.10 Å². The summed E-state index contributed by atoms with van der Waals surface area (Å²) in [5.41, 5.74) is 1.95. The average molecular weight is 353 g/mol. The van der Waals surface area contributed by atoms with Gasteiger partial charge in [0.15, 0.2) is 0 Å². The van der Waals surface area contributed by atoms with E-state index in [2.05, 4.69) is 15.4 Å². The Bertz CT molecular complexity index is 1040. The van der Waals surface area contributed by atoms with Gasteiger partial charge in [-0.3, -0.25) is 18.7 Å². The van der Waals surface area contributed by atoms with Gasteiger partial charge in [-0.15, -0.1) is 0 Å². The molecule has 1 saturated heterocycles. The largest absolute Gasteiger partial charge is 0.370 e. The van der Waals surface area contributed by atoms with Crippen molar-refractivity contribution in [3.8, 4) is 0 Å². The van der Waals surface area contributed by atoms with Crippen molar-refractivity contribution in [2.24, 2.45) is 7.05 Å². The maximum Gasteiger partial charge on any atom is 0.270 e. The van der Waals surface area contributed by atoms with Crippen LogP contribution in [0.15, 0.2) is 41.6 Å². The highest BCUT2D eigenvalue weighted by molar-refractivity contribution is 5.94. The lowest BCUT2D eigenvalue weighted by atomic mass is 10.1. The summed E-state index contributed by atoms with van der Waals surface area (Å²) in [5, 5.41) is 7.07. The molecule has 0 unspecified atom stereocenters. The average Bonchev–Trinajstić information content (AvgIpc) is 3.24. The topological polar surface area (TPSA) is 90.5 Å². The van der Waals surface area contributed by atoms with Crippen molar-refractivity contribution >= 4 is 11.6 Å². The number of rotatable bonds is 3. The zero-order valence-electron chi connectivity index (χ0n) is 14.5. The number of ether oxygens (including phenoxy) is 1. The molecule has 4 rings (SSSR count). The number of pyridine rings is 1. The molecule has 3 aromatic rings. The molecular weight excluding hydrogens is 334 g/mol. The van der Waals surface area contributed by atoms with Crippen molar-refractivity contribution in [2.75, 3.05) is 6.61 Å². The van der Waals surface area contributed by atoms with E-state index in [1.54, 1.807) is 23.1 Å². The Kier molecular flexibility index (Phi) is 4.04. The van der Waals surface area contributed by atoms with Gasteiger partial charge in [-0.25, -0.2) is 4.98 Å². The van der Waals surface area contributed by atoms with Crippen LogP contribution in [-0.2, 0) is 11.8 Å². The van der Waals surface area contributed by atoms with E-state index in [-0.39, 0.29) is 23.3 Å². The third kappa shape index (κ3) is 2.78. The summed E-state index contributed by atoms with van der Waals surface area (Å²) in [6.07, 6.45) is 5.08. The van der Waals surface area contributed by atoms with Crippen LogP contribution in [0.4, 0.5) is 0 Å². The Morgan fingerprint density at radius 2 is 2.19 bits per heavy atom. The van der Waals surface area contributed by atoms with E-state index in [1.165, 1.54) is 10.6 Å². The summed E-state index contributed by atoms with van der Waals surface area (Å²) in [7, 11) is 1.83. The lowest BCUT2D eigenvalue weighted by Crippen LogP contribution is -2.40. The molecule has 0 radical (unpaired) electrons. The summed E-state index contributed by atoms with van der Waals surface area (Å²) in [6.45, 7) is 2.42. The SMILES string of the molecule is Cc1ccc2ncc(C(=O)N[C@H]3CCO[C@@H]3c3ccnn3C)c(=O)n2c1. The number of aryl methyl sites for hydroxylation is 2. The van der Waals surface area contributed by atoms with Crippen LogP contribution in [0.3, 0.4) is 0 Å². The first-order valence-electron chi connectivity index (χ1n) is 8.43. The van der Waals surface area contributed by atoms with Gasteiger partial charge < -0.3 is 10.1 Å². The van der Waals surface area contributed by atoms with Crippen molar-refractivity contribution in [3.05, 3.63) is 64.0 Å². The number of nitrogens with one attached hydrogen (secondary N) is 1. The van der Waals surface area contributed by atoms with Gasteiger partial charge in [0.1, 0.15) is 17.3 Å². The first kappa shape index (κ1) is 16.5. The second-order valence-electron chi connectivity index (χ2n) is 6.45. The summed E-state index contributed by atoms with van der Waals surface area (Å²) in [6, 6.07) is 5.26. The Morgan fingerprint density at radius 3 is 2.96 bits per heavy atom. The van der Waals surface area contributed by atoms with Gasteiger partial charge in [0.25, 0.3) is 11.5 Å². The second kappa shape index (κ2) is 6.38. The number of nitrogens with zero attached hydrogens (tertiary/aromatic N) is 4. The minimum atomic E-state index is -0.443. The molecule has 1 fully saturated rings. The van der Waals surface area contributed by atoms with E-state index in [0.717, 1.165) is 11.3 Å². The number of carbonyl (C=O) groups is 1. The summed E-state index contributed by atoms with van der Waals surface area (Å²) >= 11 is 0. The zero-order chi connectivity index (χ0) is 18.3. The van der Waals surface area contributed by atoms with Crippen LogP contribution in [0.2, 0.25) is 0 Å². The third-order valence-electron chi connectivity index (χ3n) is 4.65. The molecule has 0 aromatic carbocycles. The van der Waals surface area contributed by atoms with Crippen molar-refractivity contribution < 1.29 is 9.53 Å². The van der Waals surface area contributed by atoms with Crippen LogP contribution in [-0.4, -0.2) is 37.7 Å². The van der Waals surface area contributed by atoms with Crippen LogP contribution < -0.4 is 10.9 Å². The Labute approximate surface area is 149 Å². The minimum absolute atomic E-state index is 0.0174. The molecular formula is C18H19N5O3. The van der Waals surface area contributed by atoms with Gasteiger partial charge in [-0.05, 0) is 31.0 Å². The van der Waals surface area contributed by atoms with Gasteiger partial charge in [0.2, 0.25) is 0 Å². The summed E-state index contributed by atoms with van der Waals surface area (Å²) in [4.78, 5) is 29.6. The molecule has 134 valence electrons. The summed E-state index contributed by atoms with van der Waals surface area (Å²) in [5.74, 6) is -0.443. The van der Waals surface area contributed by atoms with Crippen molar-refractivity contribution in [3.63, 3.8) is 0 Å². The first-order valence-corrected chi connectivity index (χ1v) is 8.43. The fraction of sp³-hybridized carbons (Fsp3) is 0.333. The lowest BCUT2D eigenvalue weighted by Gasteiger charge is -2.20. The second-order valence-corrected chi connectivity index (χ2v) is 6.45. The van der Waals surface area contributed by atoms with Crippen LogP contribution in [0.25, 0.3) is 5.65 Å². The number of amides is 1. The number of hydrogen-bond acceptors (Lipinski definition) is 5. The molecule has 0 spiro atoms. The molecule has 0 saturated carbocycles. The van der Waals surface area contributed by atoms with Crippen LogP contribution in [0, 0.1) is 6.92 Å². The number of fused-ring (bicyclic) bond motifs is 1. The van der Waals surface area contributed by atoms with E-state index in [4.69, 9.17) is 4.74 Å². The van der Waals surface area contributed by atoms with E-state index >= 15 is 0 Å². The zero-order valence-corrected chi connectivity index (χ0v) is 14.5. The maximum absolute atomic E-state index is 12.7. The van der Waals surface area contributed by atoms with Crippen LogP contribution in [0.5, 0.6) is 0 Å². The number of hydrogen-bond donors (Lipinski definition) is 1. The molecule has 1 aliphatic heterocycles. The molecule has 26 heavy (non-hydrogen) atoms. The highest BCUT2D eigenvalue weighted by atomic mass is 16.5. The fourth-order valence-corrected chi connectivity index (χ4v) is 3.28. The van der Waals surface area contributed by atoms with Gasteiger partial charge in [-0.1, -0.05) is 6.07 Å². The Hall–Kier alpha value is -3.00. The van der Waals surface area contributed by atoms with Crippen molar-refractivity contribution in [2.45, 2.75) is 25.5 Å². The smallest absolute Gasteiger partial charge is 0.270 e. The molecule has 8 nitrogen and oxygen atoms in total. The Balaban J connectivity index is 1.62. The van der Waals surface area contributed by atoms with Crippen LogP contribution in [0.1, 0.15) is 34.1 Å². The fourth-order valence-electron chi connectivity index (χ4n) is 3.28. The van der Waals surface area contributed by atoms with E-state index in [0.29, 0.717) is 18.7 Å². The third-order valence-corrected chi connectivity index (χ3v) is 4.65. The molecule has 0 bridgehead atoms. The standard InChI is InChI=1S/C18H19N5O3/c1-11-3-4-15-19-9-12(18(25)23(15)10-11)17(24)21-13-6-8-26-16(13)14-5-7-20-22(14)2/h3-5,7,9-10,13,16H,6,8H2,1-2H3,(H,21,24)/t13-,16-/m0/s1. The first-order chi connectivity index (χ1) is 12.5. The number of aromatic nitrogens is 4. The van der Waals surface area contributed by atoms with E-state index in [1.807, 2.05) is 26.1 Å². The lowest BCUT2D eigenvalue weighted by molar-refractivity contribution is 0.0791. The normalized spacial score (nSPS) is 19.8. The van der Waals surface area contributed by atoms with Crippen molar-refractivity contribution in [1.29, 1.82) is 0 Å². The molecule has 1 amide bonds. The van der Waals surface area contributed by atoms with Gasteiger partial charge in [0, 0.05) is 32.2 Å². The maximum atomic E-state index is 12.7. The van der Waals surface area contributed by atoms with Crippen LogP contribution >= 0.6 is 0 Å². The summed E-state index contributed by atoms with van der Waals surface area (Å²) < 4.78 is 8.89. The number of carbonyl (C=O) groups excluding carboxylic acids is 1. The van der Waals surface area contributed by atoms with Gasteiger partial charge in [0.05, 0.1) is 11.7 Å². The molecule has 1 aliphatic rings. The van der Waals surface area contributed by atoms with Crippen molar-refractivity contribution in [1.82, 2.24) is 24.5 Å².